The van der Waals surface area contributed by atoms with Crippen LogP contribution in [-0.4, -0.2) is 52.1 Å². The first-order valence-corrected chi connectivity index (χ1v) is 8.37. The maximum atomic E-state index is 12.8. The number of hydrogen-bond acceptors (Lipinski definition) is 2. The van der Waals surface area contributed by atoms with Gasteiger partial charge in [0.05, 0.1) is 0 Å². The van der Waals surface area contributed by atoms with Gasteiger partial charge in [0.2, 0.25) is 0 Å². The van der Waals surface area contributed by atoms with Gasteiger partial charge in [-0.15, -0.1) is 0 Å². The summed E-state index contributed by atoms with van der Waals surface area (Å²) in [6.07, 6.45) is 6.40. The van der Waals surface area contributed by atoms with Crippen LogP contribution in [-0.2, 0) is 4.79 Å². The molecule has 3 unspecified atom stereocenters. The van der Waals surface area contributed by atoms with Gasteiger partial charge in [0.1, 0.15) is 0 Å². The van der Waals surface area contributed by atoms with Gasteiger partial charge in [0, 0.05) is 31.6 Å². The summed E-state index contributed by atoms with van der Waals surface area (Å²) in [6.45, 7) is 4.00. The van der Waals surface area contributed by atoms with Crippen LogP contribution in [0.2, 0.25) is 0 Å². The molecule has 5 heteroatoms. The lowest BCUT2D eigenvalue weighted by molar-refractivity contribution is -0.138. The zero-order chi connectivity index (χ0) is 15.0. The zero-order valence-corrected chi connectivity index (χ0v) is 12.8. The van der Waals surface area contributed by atoms with E-state index in [1.807, 2.05) is 4.90 Å². The maximum absolute atomic E-state index is 12.8. The van der Waals surface area contributed by atoms with Gasteiger partial charge in [-0.05, 0) is 43.9 Å². The Kier molecular flexibility index (Phi) is 4.09. The van der Waals surface area contributed by atoms with Crippen LogP contribution in [0.4, 0.5) is 4.79 Å². The molecule has 3 aliphatic heterocycles. The number of nitrogens with zero attached hydrogens (tertiary/aromatic N) is 2. The molecule has 3 fully saturated rings. The van der Waals surface area contributed by atoms with Gasteiger partial charge < -0.3 is 14.9 Å². The van der Waals surface area contributed by atoms with Crippen LogP contribution >= 0.6 is 0 Å². The highest BCUT2D eigenvalue weighted by molar-refractivity contribution is 5.76. The quantitative estimate of drug-likeness (QED) is 0.870. The van der Waals surface area contributed by atoms with E-state index in [-0.39, 0.29) is 30.5 Å². The zero-order valence-electron chi connectivity index (χ0n) is 12.8. The highest BCUT2D eigenvalue weighted by atomic mass is 16.4. The van der Waals surface area contributed by atoms with Crippen molar-refractivity contribution in [1.29, 1.82) is 0 Å². The van der Waals surface area contributed by atoms with Gasteiger partial charge in [-0.2, -0.15) is 0 Å². The number of likely N-dealkylation sites (tertiary alicyclic amines) is 1. The van der Waals surface area contributed by atoms with Crippen LogP contribution < -0.4 is 0 Å². The average Bonchev–Trinajstić information content (AvgIpc) is 3.01. The van der Waals surface area contributed by atoms with Crippen LogP contribution in [0.1, 0.15) is 51.9 Å². The number of urea groups is 1. The molecule has 21 heavy (non-hydrogen) atoms. The molecule has 0 aromatic rings. The fraction of sp³-hybridized carbons (Fsp3) is 0.875. The maximum Gasteiger partial charge on any atom is 0.320 e. The minimum Gasteiger partial charge on any atom is -0.481 e. The molecule has 0 spiro atoms. The lowest BCUT2D eigenvalue weighted by Gasteiger charge is -2.40. The monoisotopic (exact) mass is 294 g/mol. The molecule has 2 bridgehead atoms. The van der Waals surface area contributed by atoms with Gasteiger partial charge in [-0.1, -0.05) is 13.3 Å². The normalized spacial score (nSPS) is 35.3. The number of fused-ring (bicyclic) bond motifs is 2. The third-order valence-electron chi connectivity index (χ3n) is 5.65. The molecule has 0 aromatic heterocycles. The van der Waals surface area contributed by atoms with E-state index in [2.05, 4.69) is 11.8 Å². The van der Waals surface area contributed by atoms with E-state index in [1.165, 1.54) is 0 Å². The van der Waals surface area contributed by atoms with Crippen molar-refractivity contribution >= 4 is 12.0 Å². The summed E-state index contributed by atoms with van der Waals surface area (Å²) in [5, 5.41) is 8.97. The molecule has 3 saturated heterocycles. The molecule has 0 aromatic carbocycles. The van der Waals surface area contributed by atoms with E-state index in [0.717, 1.165) is 51.6 Å². The molecule has 3 aliphatic rings. The first-order valence-electron chi connectivity index (χ1n) is 8.37. The Balaban J connectivity index is 1.62. The second-order valence-electron chi connectivity index (χ2n) is 7.02. The van der Waals surface area contributed by atoms with Crippen molar-refractivity contribution in [3.8, 4) is 0 Å². The van der Waals surface area contributed by atoms with Crippen LogP contribution in [0.25, 0.3) is 0 Å². The minimum atomic E-state index is -0.704. The Morgan fingerprint density at radius 1 is 1.10 bits per heavy atom. The van der Waals surface area contributed by atoms with E-state index < -0.39 is 5.97 Å². The summed E-state index contributed by atoms with van der Waals surface area (Å²) in [5.41, 5.74) is 0. The highest BCUT2D eigenvalue weighted by Gasteiger charge is 2.45. The summed E-state index contributed by atoms with van der Waals surface area (Å²) in [6, 6.07) is 0.773. The SMILES string of the molecule is CCC1CCN(C(=O)N2C3CCC2CC(CC(=O)O)C3)C1. The van der Waals surface area contributed by atoms with Crippen molar-refractivity contribution in [2.75, 3.05) is 13.1 Å². The lowest BCUT2D eigenvalue weighted by atomic mass is 9.88. The number of rotatable bonds is 3. The third-order valence-corrected chi connectivity index (χ3v) is 5.65. The number of carbonyl (C=O) groups excluding carboxylic acids is 1. The van der Waals surface area contributed by atoms with Crippen molar-refractivity contribution in [2.24, 2.45) is 11.8 Å². The highest BCUT2D eigenvalue weighted by Crippen LogP contribution is 2.41. The standard InChI is InChI=1S/C16H26N2O3/c1-2-11-5-6-17(10-11)16(21)18-13-3-4-14(18)8-12(7-13)9-15(19)20/h11-14H,2-10H2,1H3,(H,19,20). The predicted octanol–water partition coefficient (Wildman–Crippen LogP) is 2.56. The van der Waals surface area contributed by atoms with Gasteiger partial charge in [0.25, 0.3) is 0 Å². The molecule has 0 aliphatic carbocycles. The molecule has 3 atom stereocenters. The van der Waals surface area contributed by atoms with E-state index >= 15 is 0 Å². The molecule has 118 valence electrons. The van der Waals surface area contributed by atoms with E-state index in [0.29, 0.717) is 5.92 Å². The Labute approximate surface area is 126 Å². The second kappa shape index (κ2) is 5.85. The third kappa shape index (κ3) is 2.87. The van der Waals surface area contributed by atoms with Crippen molar-refractivity contribution in [2.45, 2.75) is 64.0 Å². The van der Waals surface area contributed by atoms with Crippen LogP contribution in [0.5, 0.6) is 0 Å². The number of amides is 2. The first kappa shape index (κ1) is 14.7. The number of carboxylic acids is 1. The summed E-state index contributed by atoms with van der Waals surface area (Å²) >= 11 is 0. The van der Waals surface area contributed by atoms with Gasteiger partial charge >= 0.3 is 12.0 Å². The van der Waals surface area contributed by atoms with E-state index in [1.54, 1.807) is 0 Å². The van der Waals surface area contributed by atoms with E-state index in [9.17, 15) is 9.59 Å². The van der Waals surface area contributed by atoms with Crippen molar-refractivity contribution in [3.05, 3.63) is 0 Å². The summed E-state index contributed by atoms with van der Waals surface area (Å²) in [4.78, 5) is 27.8. The summed E-state index contributed by atoms with van der Waals surface area (Å²) in [7, 11) is 0. The van der Waals surface area contributed by atoms with Gasteiger partial charge in [0.15, 0.2) is 0 Å². The molecule has 1 N–H and O–H groups in total. The Bertz CT molecular complexity index is 412. The molecule has 2 amide bonds. The average molecular weight is 294 g/mol. The van der Waals surface area contributed by atoms with Gasteiger partial charge in [-0.3, -0.25) is 4.79 Å². The largest absolute Gasteiger partial charge is 0.481 e. The second-order valence-corrected chi connectivity index (χ2v) is 7.02. The van der Waals surface area contributed by atoms with Crippen molar-refractivity contribution < 1.29 is 14.7 Å². The number of piperidine rings is 1. The fourth-order valence-electron chi connectivity index (χ4n) is 4.52. The molecular weight excluding hydrogens is 268 g/mol. The molecule has 0 saturated carbocycles. The van der Waals surface area contributed by atoms with Crippen molar-refractivity contribution in [3.63, 3.8) is 0 Å². The number of aliphatic carboxylic acids is 1. The minimum absolute atomic E-state index is 0.215. The predicted molar refractivity (Wildman–Crippen MR) is 79.0 cm³/mol. The molecule has 3 heterocycles. The van der Waals surface area contributed by atoms with Crippen LogP contribution in [0.3, 0.4) is 0 Å². The summed E-state index contributed by atoms with van der Waals surface area (Å²) < 4.78 is 0. The topological polar surface area (TPSA) is 60.9 Å². The molecular formula is C16H26N2O3. The Hall–Kier alpha value is -1.26. The number of hydrogen-bond donors (Lipinski definition) is 1. The molecule has 3 rings (SSSR count). The van der Waals surface area contributed by atoms with E-state index in [4.69, 9.17) is 5.11 Å². The number of carbonyl (C=O) groups is 2. The smallest absolute Gasteiger partial charge is 0.320 e. The Morgan fingerprint density at radius 2 is 1.76 bits per heavy atom. The molecule has 0 radical (unpaired) electrons. The van der Waals surface area contributed by atoms with Crippen molar-refractivity contribution in [1.82, 2.24) is 9.80 Å². The fourth-order valence-corrected chi connectivity index (χ4v) is 4.52. The van der Waals surface area contributed by atoms with Gasteiger partial charge in [-0.25, -0.2) is 4.79 Å². The lowest BCUT2D eigenvalue weighted by Crippen LogP contribution is -2.51. The van der Waals surface area contributed by atoms with Crippen LogP contribution in [0.15, 0.2) is 0 Å². The first-order chi connectivity index (χ1) is 10.1. The van der Waals surface area contributed by atoms with Crippen LogP contribution in [0, 0.1) is 11.8 Å². The number of carboxylic acid groups (broad SMARTS) is 1. The summed E-state index contributed by atoms with van der Waals surface area (Å²) in [5.74, 6) is 0.215. The molecule has 5 nitrogen and oxygen atoms in total. The Morgan fingerprint density at radius 3 is 2.29 bits per heavy atom.